The van der Waals surface area contributed by atoms with Crippen molar-refractivity contribution in [3.8, 4) is 0 Å². The Morgan fingerprint density at radius 3 is 1.10 bits per heavy atom. The highest BCUT2D eigenvalue weighted by molar-refractivity contribution is 7.47. The number of hydrogen-bond donors (Lipinski definition) is 10. The molecule has 0 bridgehead atoms. The van der Waals surface area contributed by atoms with Gasteiger partial charge in [-0.15, -0.1) is 0 Å². The molecule has 0 aromatic carbocycles. The molecule has 0 spiro atoms. The number of rotatable bonds is 76. The van der Waals surface area contributed by atoms with Gasteiger partial charge < -0.3 is 88.7 Å². The third kappa shape index (κ3) is 50.8. The van der Waals surface area contributed by atoms with Crippen LogP contribution in [0.15, 0.2) is 24.3 Å². The minimum atomic E-state index is -5.82. The number of carbonyl (C=O) groups excluding carboxylic acids is 4. The molecule has 25 nitrogen and oxygen atoms in total. The van der Waals surface area contributed by atoms with Gasteiger partial charge in [-0.3, -0.25) is 28.2 Å². The van der Waals surface area contributed by atoms with E-state index in [1.165, 1.54) is 154 Å². The molecule has 2 saturated heterocycles. The van der Waals surface area contributed by atoms with Gasteiger partial charge >= 0.3 is 31.7 Å². The lowest BCUT2D eigenvalue weighted by Crippen LogP contribution is -2.70. The van der Waals surface area contributed by atoms with Crippen LogP contribution in [0.5, 0.6) is 0 Å². The maximum atomic E-state index is 14.9. The van der Waals surface area contributed by atoms with Crippen LogP contribution in [0.25, 0.3) is 0 Å². The van der Waals surface area contributed by atoms with Crippen LogP contribution in [-0.4, -0.2) is 205 Å². The molecule has 2 aliphatic heterocycles. The van der Waals surface area contributed by atoms with Crippen LogP contribution in [0.3, 0.4) is 0 Å². The number of allylic oxidation sites excluding steroid dienone is 4. The summed E-state index contributed by atoms with van der Waals surface area (Å²) in [5.74, 6) is -1.68. The number of phosphoric acid groups is 1. The topological polar surface area (TPSA) is 380 Å². The average Bonchev–Trinajstić information content (AvgIpc) is 0.754. The molecule has 1 saturated carbocycles. The Hall–Kier alpha value is -3.05. The summed E-state index contributed by atoms with van der Waals surface area (Å²) in [5.41, 5.74) is 0. The number of aliphatic hydroxyl groups excluding tert-OH is 9. The molecule has 2 heterocycles. The Morgan fingerprint density at radius 1 is 0.353 bits per heavy atom. The van der Waals surface area contributed by atoms with E-state index in [1.807, 2.05) is 0 Å². The normalized spacial score (nSPS) is 25.4. The summed E-state index contributed by atoms with van der Waals surface area (Å²) < 4.78 is 73.5. The predicted molar refractivity (Wildman–Crippen MR) is 462 cm³/mol. The van der Waals surface area contributed by atoms with E-state index in [-0.39, 0.29) is 25.7 Å². The Bertz CT molecular complexity index is 2600. The Kier molecular flexibility index (Phi) is 64.8. The van der Waals surface area contributed by atoms with Crippen molar-refractivity contribution in [3.63, 3.8) is 0 Å². The second kappa shape index (κ2) is 70.1. The summed E-state index contributed by atoms with van der Waals surface area (Å²) in [6.45, 7) is 10.2. The van der Waals surface area contributed by atoms with Crippen molar-refractivity contribution in [2.75, 3.05) is 26.4 Å². The van der Waals surface area contributed by atoms with Crippen molar-refractivity contribution in [1.29, 1.82) is 0 Å². The molecule has 10 N–H and O–H groups in total. The molecular weight excluding hydrogens is 1550 g/mol. The average molecular weight is 1720 g/mol. The van der Waals surface area contributed by atoms with Gasteiger partial charge in [0.25, 0.3) is 0 Å². The number of unbranched alkanes of at least 4 members (excludes halogenated alkanes) is 40. The number of phosphoric ester groups is 1. The van der Waals surface area contributed by atoms with Crippen molar-refractivity contribution in [3.05, 3.63) is 24.3 Å². The molecule has 20 atom stereocenters. The third-order valence-electron chi connectivity index (χ3n) is 23.7. The number of ether oxygens (including phenoxy) is 8. The lowest BCUT2D eigenvalue weighted by atomic mass is 9.84. The number of aliphatic hydroxyl groups is 9. The van der Waals surface area contributed by atoms with E-state index in [0.717, 1.165) is 141 Å². The Balaban J connectivity index is 1.93. The van der Waals surface area contributed by atoms with Crippen molar-refractivity contribution in [1.82, 2.24) is 0 Å². The summed E-state index contributed by atoms with van der Waals surface area (Å²) in [5, 5.41) is 102. The monoisotopic (exact) mass is 1720 g/mol. The smallest absolute Gasteiger partial charge is 0.463 e. The van der Waals surface area contributed by atoms with Crippen LogP contribution in [0.4, 0.5) is 0 Å². The van der Waals surface area contributed by atoms with E-state index in [4.69, 9.17) is 46.9 Å². The minimum absolute atomic E-state index is 0.0137. The Morgan fingerprint density at radius 2 is 0.681 bits per heavy atom. The lowest BCUT2D eigenvalue weighted by molar-refractivity contribution is -0.360. The van der Waals surface area contributed by atoms with E-state index in [0.29, 0.717) is 50.4 Å². The highest BCUT2D eigenvalue weighted by Crippen LogP contribution is 2.49. The first-order valence-electron chi connectivity index (χ1n) is 47.9. The van der Waals surface area contributed by atoms with Gasteiger partial charge in [-0.1, -0.05) is 323 Å². The highest BCUT2D eigenvalue weighted by atomic mass is 31.2. The van der Waals surface area contributed by atoms with E-state index in [2.05, 4.69) is 65.8 Å². The maximum absolute atomic E-state index is 14.9. The van der Waals surface area contributed by atoms with E-state index in [9.17, 15) is 74.6 Å². The minimum Gasteiger partial charge on any atom is -0.463 e. The van der Waals surface area contributed by atoms with Crippen molar-refractivity contribution >= 4 is 31.7 Å². The fourth-order valence-electron chi connectivity index (χ4n) is 15.9. The van der Waals surface area contributed by atoms with Gasteiger partial charge in [0.05, 0.1) is 13.2 Å². The van der Waals surface area contributed by atoms with Crippen LogP contribution in [0.1, 0.15) is 401 Å². The van der Waals surface area contributed by atoms with Gasteiger partial charge in [-0.25, -0.2) is 4.57 Å². The van der Waals surface area contributed by atoms with Gasteiger partial charge in [-0.05, 0) is 88.9 Å². The summed E-state index contributed by atoms with van der Waals surface area (Å²) in [7, 11) is -5.82. The number of esters is 4. The SMILES string of the molecule is CCCCCC/C=C\CCCCCCCCCC(=O)OCC(COP(=O)(O)OC1C(OC2OC(CO)C(O)C(O)C2O)C(O)C(O)C(OC(=O)CCCCCCCCC(C)CCCCCCCC)C1OC1OC(COC(=O)CCCCCCCCC(C)CCCCCCCC)C(O)C(O)C1O)OC(=O)CCCCC/C=C\CCCCCCCC. The van der Waals surface area contributed by atoms with Crippen molar-refractivity contribution < 1.29 is 122 Å². The molecule has 3 fully saturated rings. The fourth-order valence-corrected chi connectivity index (χ4v) is 16.9. The lowest BCUT2D eigenvalue weighted by Gasteiger charge is -2.50. The Labute approximate surface area is 717 Å². The van der Waals surface area contributed by atoms with E-state index < -0.39 is 162 Å². The van der Waals surface area contributed by atoms with Gasteiger partial charge in [0, 0.05) is 25.7 Å². The zero-order valence-electron chi connectivity index (χ0n) is 74.7. The van der Waals surface area contributed by atoms with Gasteiger partial charge in [-0.2, -0.15) is 0 Å². The van der Waals surface area contributed by atoms with Crippen molar-refractivity contribution in [2.24, 2.45) is 11.8 Å². The molecule has 1 aliphatic carbocycles. The maximum Gasteiger partial charge on any atom is 0.472 e. The molecule has 3 rings (SSSR count). The first kappa shape index (κ1) is 110. The molecular formula is C93H171O25P. The highest BCUT2D eigenvalue weighted by Gasteiger charge is 2.60. The molecule has 0 radical (unpaired) electrons. The van der Waals surface area contributed by atoms with Crippen LogP contribution < -0.4 is 0 Å². The van der Waals surface area contributed by atoms with E-state index in [1.54, 1.807) is 0 Å². The van der Waals surface area contributed by atoms with Crippen LogP contribution in [0, 0.1) is 11.8 Å². The third-order valence-corrected chi connectivity index (χ3v) is 24.7. The molecule has 119 heavy (non-hydrogen) atoms. The van der Waals surface area contributed by atoms with Gasteiger partial charge in [0.2, 0.25) is 0 Å². The summed E-state index contributed by atoms with van der Waals surface area (Å²) in [6.07, 6.45) is 27.5. The molecule has 26 heteroatoms. The summed E-state index contributed by atoms with van der Waals surface area (Å²) >= 11 is 0. The molecule has 0 aromatic rings. The molecule has 698 valence electrons. The number of hydrogen-bond acceptors (Lipinski definition) is 24. The zero-order valence-corrected chi connectivity index (χ0v) is 75.6. The summed E-state index contributed by atoms with van der Waals surface area (Å²) in [6, 6.07) is 0. The van der Waals surface area contributed by atoms with Gasteiger partial charge in [0.15, 0.2) is 24.8 Å². The quantitative estimate of drug-likeness (QED) is 0.00889. The van der Waals surface area contributed by atoms with Crippen LogP contribution in [0.2, 0.25) is 0 Å². The van der Waals surface area contributed by atoms with Crippen LogP contribution >= 0.6 is 7.82 Å². The van der Waals surface area contributed by atoms with E-state index >= 15 is 0 Å². The molecule has 20 unspecified atom stereocenters. The second-order valence-electron chi connectivity index (χ2n) is 34.8. The van der Waals surface area contributed by atoms with Crippen molar-refractivity contribution in [2.45, 2.75) is 505 Å². The predicted octanol–water partition coefficient (Wildman–Crippen LogP) is 17.8. The van der Waals surface area contributed by atoms with Gasteiger partial charge in [0.1, 0.15) is 92.6 Å². The zero-order chi connectivity index (χ0) is 87.1. The first-order valence-corrected chi connectivity index (χ1v) is 49.3. The first-order chi connectivity index (χ1) is 57.5. The van der Waals surface area contributed by atoms with Crippen LogP contribution in [-0.2, 0) is 70.7 Å². The number of carbonyl (C=O) groups is 4. The molecule has 3 aliphatic rings. The summed E-state index contributed by atoms with van der Waals surface area (Å²) in [4.78, 5) is 66.6. The fraction of sp³-hybridized carbons (Fsp3) is 0.914. The molecule has 0 aromatic heterocycles. The largest absolute Gasteiger partial charge is 0.472 e. The standard InChI is InChI=1S/C93H171O25P/c1-7-11-15-19-23-25-27-29-30-32-33-35-37-47-55-63-76(95)109-68-73(112-78(97)65-57-49-38-36-34-31-28-26-24-20-16-12-8-2)69-111-119(107,108)118-91-89(116-92-86(105)82(101)80(99)74(67-94)113-92)85(104)84(103)88(115-79(98)66-58-50-42-40-46-54-62-72(6)60-52-44-22-18-14-10-4)90(91)117-93-87(106)83(102)81(100)75(114-93)70-110-77(96)64-56-48-41-39-45-53-61-71(5)59-51-43-21-17-13-9-3/h25,27,31,34,71-75,80-94,99-106H,7-24,26,28-30,32-33,35-70H2,1-6H3,(H,107,108)/b27-25-,34-31-. The molecule has 0 amide bonds. The second-order valence-corrected chi connectivity index (χ2v) is 36.2.